The molecule has 3 heteroatoms. The van der Waals surface area contributed by atoms with Crippen molar-refractivity contribution in [2.75, 3.05) is 13.7 Å². The van der Waals surface area contributed by atoms with Gasteiger partial charge in [-0.1, -0.05) is 26.0 Å². The van der Waals surface area contributed by atoms with Crippen molar-refractivity contribution in [3.63, 3.8) is 0 Å². The van der Waals surface area contributed by atoms with Crippen molar-refractivity contribution in [3.05, 3.63) is 29.8 Å². The summed E-state index contributed by atoms with van der Waals surface area (Å²) in [6.45, 7) is 6.60. The van der Waals surface area contributed by atoms with Gasteiger partial charge in [-0.15, -0.1) is 0 Å². The van der Waals surface area contributed by atoms with Crippen LogP contribution in [0.3, 0.4) is 0 Å². The summed E-state index contributed by atoms with van der Waals surface area (Å²) in [5, 5.41) is 13.4. The molecule has 3 nitrogen and oxygen atoms in total. The van der Waals surface area contributed by atoms with Gasteiger partial charge in [-0.25, -0.2) is 0 Å². The van der Waals surface area contributed by atoms with Gasteiger partial charge in [0, 0.05) is 12.6 Å². The molecule has 1 rings (SSSR count). The Bertz CT molecular complexity index is 346. The number of benzene rings is 1. The fourth-order valence-corrected chi connectivity index (χ4v) is 1.80. The molecule has 2 N–H and O–H groups in total. The third kappa shape index (κ3) is 4.31. The Kier molecular flexibility index (Phi) is 5.63. The van der Waals surface area contributed by atoms with Crippen LogP contribution in [-0.2, 0) is 0 Å². The van der Waals surface area contributed by atoms with Gasteiger partial charge in [0.25, 0.3) is 0 Å². The van der Waals surface area contributed by atoms with Crippen LogP contribution in [0.15, 0.2) is 24.3 Å². The Morgan fingerprint density at radius 3 is 2.33 bits per heavy atom. The zero-order valence-corrected chi connectivity index (χ0v) is 11.9. The molecule has 0 radical (unpaired) electrons. The van der Waals surface area contributed by atoms with Gasteiger partial charge in [0.2, 0.25) is 0 Å². The minimum Gasteiger partial charge on any atom is -0.497 e. The van der Waals surface area contributed by atoms with Gasteiger partial charge in [-0.3, -0.25) is 0 Å². The van der Waals surface area contributed by atoms with Gasteiger partial charge in [-0.2, -0.15) is 0 Å². The lowest BCUT2D eigenvalue weighted by molar-refractivity contribution is 0.0526. The average Bonchev–Trinajstić information content (AvgIpc) is 2.40. The largest absolute Gasteiger partial charge is 0.497 e. The molecule has 0 aliphatic rings. The summed E-state index contributed by atoms with van der Waals surface area (Å²) in [7, 11) is 1.67. The number of nitrogens with one attached hydrogen (secondary N) is 1. The van der Waals surface area contributed by atoms with Crippen LogP contribution in [0.5, 0.6) is 5.75 Å². The van der Waals surface area contributed by atoms with E-state index < -0.39 is 5.60 Å². The third-order valence-electron chi connectivity index (χ3n) is 3.42. The second kappa shape index (κ2) is 6.76. The van der Waals surface area contributed by atoms with Gasteiger partial charge in [0.1, 0.15) is 5.75 Å². The second-order valence-corrected chi connectivity index (χ2v) is 4.97. The summed E-state index contributed by atoms with van der Waals surface area (Å²) >= 11 is 0. The lowest BCUT2D eigenvalue weighted by Crippen LogP contribution is -2.38. The fourth-order valence-electron chi connectivity index (χ4n) is 1.80. The van der Waals surface area contributed by atoms with Crippen molar-refractivity contribution in [2.24, 2.45) is 0 Å². The Labute approximate surface area is 110 Å². The first-order valence-electron chi connectivity index (χ1n) is 6.62. The molecule has 2 atom stereocenters. The maximum atomic E-state index is 10.0. The van der Waals surface area contributed by atoms with Crippen LogP contribution < -0.4 is 10.1 Å². The van der Waals surface area contributed by atoms with Gasteiger partial charge >= 0.3 is 0 Å². The monoisotopic (exact) mass is 251 g/mol. The van der Waals surface area contributed by atoms with E-state index in [0.717, 1.165) is 18.6 Å². The van der Waals surface area contributed by atoms with E-state index >= 15 is 0 Å². The van der Waals surface area contributed by atoms with Crippen LogP contribution in [0, 0.1) is 0 Å². The highest BCUT2D eigenvalue weighted by atomic mass is 16.5. The summed E-state index contributed by atoms with van der Waals surface area (Å²) < 4.78 is 5.15. The minimum atomic E-state index is -0.639. The number of aliphatic hydroxyl groups is 1. The van der Waals surface area contributed by atoms with E-state index in [1.165, 1.54) is 5.56 Å². The molecule has 0 aliphatic heterocycles. The Morgan fingerprint density at radius 1 is 1.28 bits per heavy atom. The molecule has 2 unspecified atom stereocenters. The Balaban J connectivity index is 2.65. The highest BCUT2D eigenvalue weighted by Crippen LogP contribution is 2.21. The van der Waals surface area contributed by atoms with Gasteiger partial charge in [0.15, 0.2) is 0 Å². The summed E-state index contributed by atoms with van der Waals surface area (Å²) in [4.78, 5) is 0. The van der Waals surface area contributed by atoms with E-state index in [9.17, 15) is 5.11 Å². The first-order chi connectivity index (χ1) is 8.52. The van der Waals surface area contributed by atoms with Crippen LogP contribution in [0.1, 0.15) is 45.2 Å². The number of hydrogen-bond acceptors (Lipinski definition) is 3. The Morgan fingerprint density at radius 2 is 1.89 bits per heavy atom. The molecule has 0 bridgehead atoms. The molecular formula is C15H25NO2. The van der Waals surface area contributed by atoms with Crippen LogP contribution >= 0.6 is 0 Å². The quantitative estimate of drug-likeness (QED) is 0.783. The summed E-state index contributed by atoms with van der Waals surface area (Å²) in [6.07, 6.45) is 1.74. The van der Waals surface area contributed by atoms with Crippen LogP contribution in [0.4, 0.5) is 0 Å². The molecule has 0 saturated carbocycles. The molecule has 0 amide bonds. The van der Waals surface area contributed by atoms with Crippen LogP contribution in [0.2, 0.25) is 0 Å². The lowest BCUT2D eigenvalue weighted by Gasteiger charge is -2.26. The molecule has 0 aromatic heterocycles. The fraction of sp³-hybridized carbons (Fsp3) is 0.600. The normalized spacial score (nSPS) is 16.1. The molecular weight excluding hydrogens is 226 g/mol. The molecule has 0 fully saturated rings. The first-order valence-corrected chi connectivity index (χ1v) is 6.62. The minimum absolute atomic E-state index is 0.272. The molecule has 18 heavy (non-hydrogen) atoms. The standard InChI is InChI=1S/C15H25NO2/c1-5-14(16-11-15(3,17)6-2)12-7-9-13(18-4)10-8-12/h7-10,14,16-17H,5-6,11H2,1-4H3. The first kappa shape index (κ1) is 15.0. The van der Waals surface area contributed by atoms with Crippen molar-refractivity contribution in [1.29, 1.82) is 0 Å². The van der Waals surface area contributed by atoms with Crippen LogP contribution in [0.25, 0.3) is 0 Å². The Hall–Kier alpha value is -1.06. The van der Waals surface area contributed by atoms with E-state index in [2.05, 4.69) is 24.4 Å². The second-order valence-electron chi connectivity index (χ2n) is 4.97. The topological polar surface area (TPSA) is 41.5 Å². The van der Waals surface area contributed by atoms with Crippen molar-refractivity contribution >= 4 is 0 Å². The van der Waals surface area contributed by atoms with Crippen molar-refractivity contribution in [3.8, 4) is 5.75 Å². The number of ether oxygens (including phenoxy) is 1. The molecule has 1 aromatic rings. The predicted octanol–water partition coefficient (Wildman–Crippen LogP) is 2.90. The lowest BCUT2D eigenvalue weighted by atomic mass is 10.0. The zero-order chi connectivity index (χ0) is 13.6. The molecule has 0 aliphatic carbocycles. The number of methoxy groups -OCH3 is 1. The van der Waals surface area contributed by atoms with Crippen molar-refractivity contribution in [2.45, 2.75) is 45.3 Å². The van der Waals surface area contributed by atoms with Gasteiger partial charge < -0.3 is 15.2 Å². The van der Waals surface area contributed by atoms with Crippen molar-refractivity contribution < 1.29 is 9.84 Å². The van der Waals surface area contributed by atoms with Crippen LogP contribution in [-0.4, -0.2) is 24.4 Å². The SMILES string of the molecule is CCC(NCC(C)(O)CC)c1ccc(OC)cc1. The summed E-state index contributed by atoms with van der Waals surface area (Å²) in [5.41, 5.74) is 0.588. The van der Waals surface area contributed by atoms with Gasteiger partial charge in [-0.05, 0) is 37.5 Å². The smallest absolute Gasteiger partial charge is 0.118 e. The van der Waals surface area contributed by atoms with E-state index in [-0.39, 0.29) is 6.04 Å². The molecule has 0 saturated heterocycles. The zero-order valence-electron chi connectivity index (χ0n) is 11.9. The third-order valence-corrected chi connectivity index (χ3v) is 3.42. The average molecular weight is 251 g/mol. The molecule has 0 spiro atoms. The maximum absolute atomic E-state index is 10.0. The van der Waals surface area contributed by atoms with Crippen molar-refractivity contribution in [1.82, 2.24) is 5.32 Å². The van der Waals surface area contributed by atoms with E-state index in [1.54, 1.807) is 7.11 Å². The highest BCUT2D eigenvalue weighted by Gasteiger charge is 2.19. The number of rotatable bonds is 7. The molecule has 102 valence electrons. The summed E-state index contributed by atoms with van der Waals surface area (Å²) in [5.74, 6) is 0.870. The predicted molar refractivity (Wildman–Crippen MR) is 74.9 cm³/mol. The maximum Gasteiger partial charge on any atom is 0.118 e. The highest BCUT2D eigenvalue weighted by molar-refractivity contribution is 5.29. The van der Waals surface area contributed by atoms with E-state index in [1.807, 2.05) is 26.0 Å². The number of hydrogen-bond donors (Lipinski definition) is 2. The molecule has 1 aromatic carbocycles. The van der Waals surface area contributed by atoms with E-state index in [0.29, 0.717) is 6.54 Å². The van der Waals surface area contributed by atoms with Gasteiger partial charge in [0.05, 0.1) is 12.7 Å². The summed E-state index contributed by atoms with van der Waals surface area (Å²) in [6, 6.07) is 8.35. The molecule has 0 heterocycles. The van der Waals surface area contributed by atoms with E-state index in [4.69, 9.17) is 4.74 Å².